The Hall–Kier alpha value is -1.46. The lowest BCUT2D eigenvalue weighted by Gasteiger charge is -2.17. The van der Waals surface area contributed by atoms with Crippen LogP contribution in [0.3, 0.4) is 0 Å². The van der Waals surface area contributed by atoms with E-state index in [2.05, 4.69) is 19.9 Å². The fraction of sp³-hybridized carbons (Fsp3) is 0.714. The van der Waals surface area contributed by atoms with Gasteiger partial charge in [0.05, 0.1) is 6.10 Å². The van der Waals surface area contributed by atoms with Crippen LogP contribution < -0.4 is 0 Å². The number of hydrogen-bond donors (Lipinski definition) is 3. The van der Waals surface area contributed by atoms with Gasteiger partial charge in [-0.05, 0) is 31.6 Å². The van der Waals surface area contributed by atoms with Crippen LogP contribution in [0.4, 0.5) is 0 Å². The Labute approximate surface area is 156 Å². The number of rotatable bonds is 12. The van der Waals surface area contributed by atoms with Crippen LogP contribution in [0.5, 0.6) is 0 Å². The van der Waals surface area contributed by atoms with E-state index in [1.54, 1.807) is 6.08 Å². The number of carboxylic acids is 1. The van der Waals surface area contributed by atoms with Crippen molar-refractivity contribution in [3.05, 3.63) is 24.3 Å². The summed E-state index contributed by atoms with van der Waals surface area (Å²) in [5.41, 5.74) is 0. The molecule has 1 fully saturated rings. The average molecular weight is 366 g/mol. The maximum absolute atomic E-state index is 12.2. The van der Waals surface area contributed by atoms with Gasteiger partial charge in [0.25, 0.3) is 0 Å². The minimum absolute atomic E-state index is 0.0843. The van der Waals surface area contributed by atoms with Gasteiger partial charge in [-0.1, -0.05) is 57.4 Å². The van der Waals surface area contributed by atoms with Crippen molar-refractivity contribution in [2.45, 2.75) is 77.4 Å². The average Bonchev–Trinajstić information content (AvgIpc) is 2.85. The van der Waals surface area contributed by atoms with Crippen LogP contribution in [0.2, 0.25) is 0 Å². The van der Waals surface area contributed by atoms with Gasteiger partial charge in [-0.3, -0.25) is 4.79 Å². The van der Waals surface area contributed by atoms with E-state index in [9.17, 15) is 19.8 Å². The zero-order valence-electron chi connectivity index (χ0n) is 16.0. The fourth-order valence-electron chi connectivity index (χ4n) is 3.40. The molecule has 5 atom stereocenters. The minimum Gasteiger partial charge on any atom is -0.479 e. The molecule has 0 bridgehead atoms. The van der Waals surface area contributed by atoms with E-state index < -0.39 is 18.2 Å². The Kier molecular flexibility index (Phi) is 10.4. The van der Waals surface area contributed by atoms with E-state index in [0.29, 0.717) is 18.8 Å². The first-order valence-electron chi connectivity index (χ1n) is 9.81. The zero-order chi connectivity index (χ0) is 19.5. The molecule has 0 radical (unpaired) electrons. The highest BCUT2D eigenvalue weighted by molar-refractivity contribution is 5.84. The molecule has 5 heteroatoms. The molecule has 26 heavy (non-hydrogen) atoms. The van der Waals surface area contributed by atoms with E-state index in [-0.39, 0.29) is 30.5 Å². The van der Waals surface area contributed by atoms with Gasteiger partial charge in [0.2, 0.25) is 0 Å². The summed E-state index contributed by atoms with van der Waals surface area (Å²) in [5.74, 6) is -1.06. The van der Waals surface area contributed by atoms with Crippen LogP contribution >= 0.6 is 0 Å². The van der Waals surface area contributed by atoms with Crippen LogP contribution in [0, 0.1) is 17.8 Å². The lowest BCUT2D eigenvalue weighted by Crippen LogP contribution is -2.19. The topological polar surface area (TPSA) is 94.8 Å². The second-order valence-electron chi connectivity index (χ2n) is 7.42. The molecule has 0 amide bonds. The third-order valence-electron chi connectivity index (χ3n) is 5.11. The first-order chi connectivity index (χ1) is 12.4. The monoisotopic (exact) mass is 366 g/mol. The summed E-state index contributed by atoms with van der Waals surface area (Å²) < 4.78 is 0. The molecule has 1 rings (SSSR count). The van der Waals surface area contributed by atoms with Crippen LogP contribution in [0.1, 0.15) is 65.2 Å². The number of aliphatic carboxylic acids is 1. The Morgan fingerprint density at radius 2 is 2.00 bits per heavy atom. The zero-order valence-corrected chi connectivity index (χ0v) is 16.0. The van der Waals surface area contributed by atoms with Crippen molar-refractivity contribution in [1.82, 2.24) is 0 Å². The van der Waals surface area contributed by atoms with Gasteiger partial charge in [-0.15, -0.1) is 0 Å². The van der Waals surface area contributed by atoms with Crippen molar-refractivity contribution in [3.8, 4) is 0 Å². The van der Waals surface area contributed by atoms with Crippen molar-refractivity contribution in [2.75, 3.05) is 0 Å². The minimum atomic E-state index is -1.35. The smallest absolute Gasteiger partial charge is 0.332 e. The van der Waals surface area contributed by atoms with Gasteiger partial charge in [0.1, 0.15) is 5.78 Å². The molecule has 0 saturated heterocycles. The molecule has 0 aromatic carbocycles. The summed E-state index contributed by atoms with van der Waals surface area (Å²) in [4.78, 5) is 22.7. The number of allylic oxidation sites excluding steroid dienone is 3. The summed E-state index contributed by atoms with van der Waals surface area (Å²) in [7, 11) is 0. The highest BCUT2D eigenvalue weighted by atomic mass is 16.4. The Morgan fingerprint density at radius 1 is 1.27 bits per heavy atom. The quantitative estimate of drug-likeness (QED) is 0.363. The first kappa shape index (κ1) is 22.6. The molecule has 1 aliphatic rings. The maximum Gasteiger partial charge on any atom is 0.332 e. The first-order valence-corrected chi connectivity index (χ1v) is 9.81. The van der Waals surface area contributed by atoms with Crippen LogP contribution in [-0.2, 0) is 9.59 Å². The molecule has 0 heterocycles. The standard InChI is InChI=1S/C21H34O5/c1-3-4-6-9-15(2)12-13-17-16(19(23)14-20(17)24)10-7-5-8-11-18(22)21(25)26/h5,7,12-13,15-18,20,22,24H,3-4,6,8-11,14H2,1-2H3,(H,25,26)/b7-5-,13-12+/t15-,16-,17-,18?,20-/m1/s1. The van der Waals surface area contributed by atoms with Crippen molar-refractivity contribution in [1.29, 1.82) is 0 Å². The lowest BCUT2D eigenvalue weighted by atomic mass is 9.89. The van der Waals surface area contributed by atoms with E-state index in [4.69, 9.17) is 5.11 Å². The molecular formula is C21H34O5. The second-order valence-corrected chi connectivity index (χ2v) is 7.42. The molecule has 0 spiro atoms. The molecule has 148 valence electrons. The van der Waals surface area contributed by atoms with E-state index in [1.165, 1.54) is 19.3 Å². The lowest BCUT2D eigenvalue weighted by molar-refractivity contribution is -0.146. The number of carbonyl (C=O) groups excluding carboxylic acids is 1. The van der Waals surface area contributed by atoms with Gasteiger partial charge in [-0.2, -0.15) is 0 Å². The van der Waals surface area contributed by atoms with Gasteiger partial charge in [-0.25, -0.2) is 4.79 Å². The van der Waals surface area contributed by atoms with Crippen molar-refractivity contribution in [2.24, 2.45) is 17.8 Å². The number of hydrogen-bond acceptors (Lipinski definition) is 4. The summed E-state index contributed by atoms with van der Waals surface area (Å²) in [6.07, 6.45) is 11.9. The summed E-state index contributed by atoms with van der Waals surface area (Å²) in [6, 6.07) is 0. The van der Waals surface area contributed by atoms with Gasteiger partial charge in [0.15, 0.2) is 6.10 Å². The number of Topliss-reactive ketones (excluding diaryl/α,β-unsaturated/α-hetero) is 1. The molecular weight excluding hydrogens is 332 g/mol. The van der Waals surface area contributed by atoms with Crippen molar-refractivity contribution in [3.63, 3.8) is 0 Å². The molecule has 1 saturated carbocycles. The summed E-state index contributed by atoms with van der Waals surface area (Å²) in [6.45, 7) is 4.35. The normalized spacial score (nSPS) is 26.0. The SMILES string of the molecule is CCCCC[C@@H](C)/C=C/[C@H]1[C@H](O)CC(=O)[C@@H]1C/C=C\CCC(O)C(=O)O. The fourth-order valence-corrected chi connectivity index (χ4v) is 3.40. The van der Waals surface area contributed by atoms with Crippen molar-refractivity contribution < 1.29 is 24.9 Å². The van der Waals surface area contributed by atoms with E-state index in [0.717, 1.165) is 6.42 Å². The molecule has 0 aromatic rings. The van der Waals surface area contributed by atoms with Gasteiger partial charge in [0, 0.05) is 18.3 Å². The predicted octanol–water partition coefficient (Wildman–Crippen LogP) is 3.50. The Morgan fingerprint density at radius 3 is 2.65 bits per heavy atom. The molecule has 0 aliphatic heterocycles. The number of carboxylic acid groups (broad SMARTS) is 1. The molecule has 0 aromatic heterocycles. The molecule has 1 unspecified atom stereocenters. The van der Waals surface area contributed by atoms with Gasteiger partial charge < -0.3 is 15.3 Å². The molecule has 3 N–H and O–H groups in total. The second kappa shape index (κ2) is 12.0. The van der Waals surface area contributed by atoms with Crippen LogP contribution in [0.15, 0.2) is 24.3 Å². The largest absolute Gasteiger partial charge is 0.479 e. The van der Waals surface area contributed by atoms with Crippen LogP contribution in [-0.4, -0.2) is 39.3 Å². The Bertz CT molecular complexity index is 497. The number of unbranched alkanes of at least 4 members (excludes halogenated alkanes) is 2. The number of aliphatic hydroxyl groups is 2. The van der Waals surface area contributed by atoms with Crippen LogP contribution in [0.25, 0.3) is 0 Å². The third-order valence-corrected chi connectivity index (χ3v) is 5.11. The van der Waals surface area contributed by atoms with Gasteiger partial charge >= 0.3 is 5.97 Å². The predicted molar refractivity (Wildman–Crippen MR) is 102 cm³/mol. The van der Waals surface area contributed by atoms with E-state index >= 15 is 0 Å². The van der Waals surface area contributed by atoms with E-state index in [1.807, 2.05) is 12.2 Å². The molecule has 1 aliphatic carbocycles. The summed E-state index contributed by atoms with van der Waals surface area (Å²) >= 11 is 0. The summed E-state index contributed by atoms with van der Waals surface area (Å²) in [5, 5.41) is 28.1. The third kappa shape index (κ3) is 7.83. The number of carbonyl (C=O) groups is 2. The highest BCUT2D eigenvalue weighted by Crippen LogP contribution is 2.33. The Balaban J connectivity index is 2.50. The number of ketones is 1. The number of aliphatic hydroxyl groups excluding tert-OH is 2. The highest BCUT2D eigenvalue weighted by Gasteiger charge is 2.39. The van der Waals surface area contributed by atoms with Crippen molar-refractivity contribution >= 4 is 11.8 Å². The maximum atomic E-state index is 12.2. The molecule has 5 nitrogen and oxygen atoms in total.